The number of hydrogen-bond acceptors (Lipinski definition) is 2. The largest absolute Gasteiger partial charge is 0.454 e. The number of benzene rings is 10. The predicted octanol–water partition coefficient (Wildman–Crippen LogP) is 15.9. The van der Waals surface area contributed by atoms with Gasteiger partial charge in [-0.25, -0.2) is 0 Å². The zero-order chi connectivity index (χ0) is 40.1. The number of anilines is 3. The van der Waals surface area contributed by atoms with Crippen LogP contribution in [0.2, 0.25) is 0 Å². The molecule has 2 nitrogen and oxygen atoms in total. The molecule has 1 aromatic heterocycles. The van der Waals surface area contributed by atoms with E-state index in [1.54, 1.807) is 0 Å². The highest BCUT2D eigenvalue weighted by Crippen LogP contribution is 2.63. The van der Waals surface area contributed by atoms with Gasteiger partial charge < -0.3 is 9.32 Å². The topological polar surface area (TPSA) is 16.4 Å². The van der Waals surface area contributed by atoms with Gasteiger partial charge in [0.15, 0.2) is 5.58 Å². The SMILES string of the molecule is c1ccc(-c2ccc(N(c3ccc4c(c3)C3(c5ccccc5-c5ccccc53)c3ccccc3-4)c3cccc4c3oc3cc(-c5ccccc5)c5ccccc5c34)cc2)cc1. The van der Waals surface area contributed by atoms with E-state index in [-0.39, 0.29) is 0 Å². The maximum absolute atomic E-state index is 7.16. The van der Waals surface area contributed by atoms with Crippen molar-refractivity contribution in [1.82, 2.24) is 0 Å². The fraction of sp³-hybridized carbons (Fsp3) is 0.0169. The molecule has 0 N–H and O–H groups in total. The van der Waals surface area contributed by atoms with Crippen LogP contribution in [0.5, 0.6) is 0 Å². The van der Waals surface area contributed by atoms with Crippen LogP contribution >= 0.6 is 0 Å². The third kappa shape index (κ3) is 4.79. The summed E-state index contributed by atoms with van der Waals surface area (Å²) in [4.78, 5) is 2.41. The lowest BCUT2D eigenvalue weighted by Crippen LogP contribution is -2.26. The lowest BCUT2D eigenvalue weighted by molar-refractivity contribution is 0.669. The predicted molar refractivity (Wildman–Crippen MR) is 253 cm³/mol. The molecule has 0 saturated carbocycles. The van der Waals surface area contributed by atoms with Gasteiger partial charge in [0.1, 0.15) is 5.58 Å². The van der Waals surface area contributed by atoms with Crippen molar-refractivity contribution in [3.8, 4) is 44.5 Å². The van der Waals surface area contributed by atoms with Gasteiger partial charge in [-0.2, -0.15) is 0 Å². The highest BCUT2D eigenvalue weighted by atomic mass is 16.3. The summed E-state index contributed by atoms with van der Waals surface area (Å²) >= 11 is 0. The molecule has 2 aliphatic rings. The Morgan fingerprint density at radius 2 is 0.836 bits per heavy atom. The Hall–Kier alpha value is -7.94. The van der Waals surface area contributed by atoms with Gasteiger partial charge in [-0.15, -0.1) is 0 Å². The number of hydrogen-bond donors (Lipinski definition) is 0. The second kappa shape index (κ2) is 13.0. The number of fused-ring (bicyclic) bond motifs is 15. The first kappa shape index (κ1) is 34.0. The molecule has 0 fully saturated rings. The smallest absolute Gasteiger partial charge is 0.159 e. The van der Waals surface area contributed by atoms with E-state index in [4.69, 9.17) is 4.42 Å². The van der Waals surface area contributed by atoms with E-state index in [1.165, 1.54) is 77.5 Å². The Labute approximate surface area is 354 Å². The highest BCUT2D eigenvalue weighted by molar-refractivity contribution is 6.23. The summed E-state index contributed by atoms with van der Waals surface area (Å²) in [6, 6.07) is 82.0. The van der Waals surface area contributed by atoms with Crippen molar-refractivity contribution < 1.29 is 4.42 Å². The molecule has 0 unspecified atom stereocenters. The molecule has 0 atom stereocenters. The first-order valence-electron chi connectivity index (χ1n) is 21.1. The van der Waals surface area contributed by atoms with Gasteiger partial charge in [0.2, 0.25) is 0 Å². The minimum Gasteiger partial charge on any atom is -0.454 e. The Morgan fingerprint density at radius 1 is 0.328 bits per heavy atom. The van der Waals surface area contributed by atoms with E-state index in [2.05, 4.69) is 229 Å². The fourth-order valence-corrected chi connectivity index (χ4v) is 10.8. The number of para-hydroxylation sites is 1. The zero-order valence-corrected chi connectivity index (χ0v) is 33.2. The average Bonchev–Trinajstić information content (AvgIpc) is 3.97. The van der Waals surface area contributed by atoms with Crippen LogP contribution in [-0.2, 0) is 5.41 Å². The Bertz CT molecular complexity index is 3460. The number of rotatable bonds is 5. The zero-order valence-electron chi connectivity index (χ0n) is 33.2. The van der Waals surface area contributed by atoms with Crippen molar-refractivity contribution in [2.24, 2.45) is 0 Å². The Morgan fingerprint density at radius 3 is 1.49 bits per heavy atom. The van der Waals surface area contributed by atoms with E-state index in [0.717, 1.165) is 39.0 Å². The Kier molecular flexibility index (Phi) is 7.26. The molecular weight excluding hydrogens is 739 g/mol. The molecule has 0 radical (unpaired) electrons. The molecule has 0 saturated heterocycles. The molecule has 2 heteroatoms. The maximum Gasteiger partial charge on any atom is 0.159 e. The van der Waals surface area contributed by atoms with Gasteiger partial charge in [0.25, 0.3) is 0 Å². The summed E-state index contributed by atoms with van der Waals surface area (Å²) in [5.41, 5.74) is 19.5. The highest BCUT2D eigenvalue weighted by Gasteiger charge is 2.51. The molecule has 11 aromatic rings. The molecule has 1 heterocycles. The molecule has 0 aliphatic heterocycles. The molecular formula is C59H37NO. The third-order valence-electron chi connectivity index (χ3n) is 13.3. The van der Waals surface area contributed by atoms with Crippen molar-refractivity contribution in [2.45, 2.75) is 5.41 Å². The van der Waals surface area contributed by atoms with Gasteiger partial charge in [-0.05, 0) is 114 Å². The summed E-state index contributed by atoms with van der Waals surface area (Å²) in [6.07, 6.45) is 0. The minimum atomic E-state index is -0.462. The monoisotopic (exact) mass is 775 g/mol. The molecule has 10 aromatic carbocycles. The van der Waals surface area contributed by atoms with E-state index in [0.29, 0.717) is 0 Å². The number of nitrogens with zero attached hydrogens (tertiary/aromatic N) is 1. The summed E-state index contributed by atoms with van der Waals surface area (Å²) in [7, 11) is 0. The second-order valence-electron chi connectivity index (χ2n) is 16.3. The van der Waals surface area contributed by atoms with Crippen molar-refractivity contribution in [3.05, 3.63) is 247 Å². The van der Waals surface area contributed by atoms with Crippen LogP contribution in [-0.4, -0.2) is 0 Å². The van der Waals surface area contributed by atoms with E-state index < -0.39 is 5.41 Å². The molecule has 13 rings (SSSR count). The summed E-state index contributed by atoms with van der Waals surface area (Å²) in [5.74, 6) is 0. The normalized spacial score (nSPS) is 13.0. The Balaban J connectivity index is 1.08. The fourth-order valence-electron chi connectivity index (χ4n) is 10.8. The van der Waals surface area contributed by atoms with Crippen molar-refractivity contribution in [2.75, 3.05) is 4.90 Å². The molecule has 284 valence electrons. The van der Waals surface area contributed by atoms with Crippen LogP contribution in [0.1, 0.15) is 22.3 Å². The van der Waals surface area contributed by atoms with Crippen molar-refractivity contribution in [1.29, 1.82) is 0 Å². The maximum atomic E-state index is 7.16. The van der Waals surface area contributed by atoms with Crippen LogP contribution < -0.4 is 4.90 Å². The van der Waals surface area contributed by atoms with Crippen LogP contribution in [0.4, 0.5) is 17.1 Å². The molecule has 0 bridgehead atoms. The lowest BCUT2D eigenvalue weighted by atomic mass is 9.70. The quantitative estimate of drug-likeness (QED) is 0.173. The summed E-state index contributed by atoms with van der Waals surface area (Å²) < 4.78 is 7.16. The van der Waals surface area contributed by atoms with E-state index in [1.807, 2.05) is 0 Å². The average molecular weight is 776 g/mol. The van der Waals surface area contributed by atoms with Gasteiger partial charge in [-0.1, -0.05) is 188 Å². The van der Waals surface area contributed by atoms with Gasteiger partial charge in [-0.3, -0.25) is 0 Å². The van der Waals surface area contributed by atoms with Crippen molar-refractivity contribution in [3.63, 3.8) is 0 Å². The van der Waals surface area contributed by atoms with Crippen LogP contribution in [0.25, 0.3) is 77.2 Å². The summed E-state index contributed by atoms with van der Waals surface area (Å²) in [6.45, 7) is 0. The van der Waals surface area contributed by atoms with Gasteiger partial charge in [0, 0.05) is 22.1 Å². The van der Waals surface area contributed by atoms with E-state index in [9.17, 15) is 0 Å². The van der Waals surface area contributed by atoms with E-state index >= 15 is 0 Å². The van der Waals surface area contributed by atoms with Crippen LogP contribution in [0, 0.1) is 0 Å². The molecule has 0 amide bonds. The molecule has 61 heavy (non-hydrogen) atoms. The minimum absolute atomic E-state index is 0.462. The molecule has 1 spiro atoms. The van der Waals surface area contributed by atoms with Gasteiger partial charge >= 0.3 is 0 Å². The summed E-state index contributed by atoms with van der Waals surface area (Å²) in [5, 5.41) is 4.62. The molecule has 2 aliphatic carbocycles. The van der Waals surface area contributed by atoms with Crippen LogP contribution in [0.15, 0.2) is 229 Å². The van der Waals surface area contributed by atoms with Crippen LogP contribution in [0.3, 0.4) is 0 Å². The standard InChI is InChI=1S/C59H37NO/c1-3-16-38(17-4-1)39-30-32-41(33-31-39)60(55-29-15-25-49-57-48-24-8-7-20-43(48)50(37-56(57)61-58(49)55)40-18-5-2-6-19-40)42-34-35-47-46-23-11-14-28-53(46)59(54(47)36-42)51-26-12-9-21-44(51)45-22-10-13-27-52(45)59/h1-37H. The van der Waals surface area contributed by atoms with Gasteiger partial charge in [0.05, 0.1) is 11.1 Å². The second-order valence-corrected chi connectivity index (χ2v) is 16.3. The first-order chi connectivity index (χ1) is 30.3. The first-order valence-corrected chi connectivity index (χ1v) is 21.1. The third-order valence-corrected chi connectivity index (χ3v) is 13.3. The lowest BCUT2D eigenvalue weighted by Gasteiger charge is -2.32. The number of furan rings is 1. The van der Waals surface area contributed by atoms with Crippen molar-refractivity contribution >= 4 is 49.8 Å².